The molecule has 21 heavy (non-hydrogen) atoms. The lowest BCUT2D eigenvalue weighted by atomic mass is 9.86. The highest BCUT2D eigenvalue weighted by atomic mass is 16.5. The molecule has 126 valence electrons. The smallest absolute Gasteiger partial charge is 0.0897 e. The van der Waals surface area contributed by atoms with Crippen LogP contribution in [0.2, 0.25) is 0 Å². The van der Waals surface area contributed by atoms with Gasteiger partial charge in [-0.2, -0.15) is 0 Å². The Morgan fingerprint density at radius 1 is 1.19 bits per heavy atom. The molecule has 1 rings (SSSR count). The van der Waals surface area contributed by atoms with Crippen LogP contribution in [-0.2, 0) is 4.74 Å². The highest BCUT2D eigenvalue weighted by Crippen LogP contribution is 2.23. The van der Waals surface area contributed by atoms with Gasteiger partial charge in [0.1, 0.15) is 0 Å². The standard InChI is InChI=1S/C18H37NO2/c1-4-6-10-16(5-2)13-21-14-17(20)12-19-18-11-8-7-9-15(18)3/h15-20H,4-14H2,1-3H3. The monoisotopic (exact) mass is 299 g/mol. The average molecular weight is 299 g/mol. The normalized spacial score (nSPS) is 25.7. The molecule has 1 aliphatic rings. The number of aliphatic hydroxyl groups excluding tert-OH is 1. The van der Waals surface area contributed by atoms with E-state index in [1.165, 1.54) is 51.4 Å². The van der Waals surface area contributed by atoms with Crippen LogP contribution in [0.25, 0.3) is 0 Å². The Hall–Kier alpha value is -0.120. The third kappa shape index (κ3) is 8.18. The average Bonchev–Trinajstić information content (AvgIpc) is 2.50. The summed E-state index contributed by atoms with van der Waals surface area (Å²) in [6, 6.07) is 0.585. The fourth-order valence-electron chi connectivity index (χ4n) is 3.23. The minimum atomic E-state index is -0.372. The summed E-state index contributed by atoms with van der Waals surface area (Å²) < 4.78 is 5.72. The molecule has 0 radical (unpaired) electrons. The summed E-state index contributed by atoms with van der Waals surface area (Å²) in [4.78, 5) is 0. The Morgan fingerprint density at radius 2 is 1.95 bits per heavy atom. The van der Waals surface area contributed by atoms with E-state index in [1.54, 1.807) is 0 Å². The molecule has 0 aliphatic heterocycles. The molecule has 3 heteroatoms. The SMILES string of the molecule is CCCCC(CC)COCC(O)CNC1CCCCC1C. The molecule has 1 fully saturated rings. The van der Waals surface area contributed by atoms with Crippen molar-refractivity contribution in [1.82, 2.24) is 5.32 Å². The maximum absolute atomic E-state index is 10.0. The summed E-state index contributed by atoms with van der Waals surface area (Å²) in [5.41, 5.74) is 0. The second-order valence-corrected chi connectivity index (χ2v) is 6.88. The van der Waals surface area contributed by atoms with Crippen LogP contribution >= 0.6 is 0 Å². The van der Waals surface area contributed by atoms with Crippen molar-refractivity contribution >= 4 is 0 Å². The molecular weight excluding hydrogens is 262 g/mol. The predicted molar refractivity (Wildman–Crippen MR) is 89.6 cm³/mol. The lowest BCUT2D eigenvalue weighted by Crippen LogP contribution is -2.42. The van der Waals surface area contributed by atoms with Crippen LogP contribution < -0.4 is 5.32 Å². The molecule has 1 aliphatic carbocycles. The summed E-state index contributed by atoms with van der Waals surface area (Å²) in [5.74, 6) is 1.40. The minimum absolute atomic E-state index is 0.372. The molecule has 0 aromatic heterocycles. The Morgan fingerprint density at radius 3 is 2.62 bits per heavy atom. The third-order valence-corrected chi connectivity index (χ3v) is 4.93. The summed E-state index contributed by atoms with van der Waals surface area (Å²) in [5, 5.41) is 13.6. The van der Waals surface area contributed by atoms with Crippen LogP contribution in [0.1, 0.15) is 72.1 Å². The lowest BCUT2D eigenvalue weighted by molar-refractivity contribution is 0.0169. The van der Waals surface area contributed by atoms with E-state index < -0.39 is 0 Å². The van der Waals surface area contributed by atoms with E-state index in [1.807, 2.05) is 0 Å². The second kappa shape index (κ2) is 11.4. The van der Waals surface area contributed by atoms with Crippen LogP contribution in [-0.4, -0.2) is 37.0 Å². The van der Waals surface area contributed by atoms with Gasteiger partial charge in [0, 0.05) is 19.2 Å². The number of aliphatic hydroxyl groups is 1. The molecule has 0 saturated heterocycles. The van der Waals surface area contributed by atoms with E-state index in [0.29, 0.717) is 25.1 Å². The van der Waals surface area contributed by atoms with Crippen molar-refractivity contribution in [2.45, 2.75) is 84.3 Å². The molecule has 4 atom stereocenters. The minimum Gasteiger partial charge on any atom is -0.389 e. The van der Waals surface area contributed by atoms with Gasteiger partial charge in [-0.05, 0) is 31.1 Å². The zero-order valence-electron chi connectivity index (χ0n) is 14.4. The molecule has 0 heterocycles. The van der Waals surface area contributed by atoms with Crippen molar-refractivity contribution in [3.63, 3.8) is 0 Å². The van der Waals surface area contributed by atoms with Gasteiger partial charge in [-0.15, -0.1) is 0 Å². The Kier molecular flexibility index (Phi) is 10.3. The summed E-state index contributed by atoms with van der Waals surface area (Å²) in [7, 11) is 0. The number of hydrogen-bond acceptors (Lipinski definition) is 3. The van der Waals surface area contributed by atoms with Gasteiger partial charge in [0.25, 0.3) is 0 Å². The van der Waals surface area contributed by atoms with Gasteiger partial charge in [-0.25, -0.2) is 0 Å². The first-order chi connectivity index (χ1) is 10.2. The maximum atomic E-state index is 10.0. The van der Waals surface area contributed by atoms with Crippen molar-refractivity contribution < 1.29 is 9.84 Å². The van der Waals surface area contributed by atoms with E-state index >= 15 is 0 Å². The van der Waals surface area contributed by atoms with Crippen LogP contribution in [0.3, 0.4) is 0 Å². The van der Waals surface area contributed by atoms with E-state index in [4.69, 9.17) is 4.74 Å². The number of rotatable bonds is 11. The van der Waals surface area contributed by atoms with Gasteiger partial charge < -0.3 is 15.2 Å². The Labute approximate surface area is 131 Å². The van der Waals surface area contributed by atoms with Crippen molar-refractivity contribution in [3.8, 4) is 0 Å². The Bertz CT molecular complexity index is 247. The van der Waals surface area contributed by atoms with Gasteiger partial charge in [-0.3, -0.25) is 0 Å². The van der Waals surface area contributed by atoms with E-state index in [0.717, 1.165) is 12.5 Å². The predicted octanol–water partition coefficient (Wildman–Crippen LogP) is 3.75. The molecular formula is C18H37NO2. The first-order valence-electron chi connectivity index (χ1n) is 9.16. The van der Waals surface area contributed by atoms with Crippen LogP contribution in [0.15, 0.2) is 0 Å². The fourth-order valence-corrected chi connectivity index (χ4v) is 3.23. The molecule has 0 spiro atoms. The summed E-state index contributed by atoms with van der Waals surface area (Å²) >= 11 is 0. The van der Waals surface area contributed by atoms with Crippen molar-refractivity contribution in [2.24, 2.45) is 11.8 Å². The Balaban J connectivity index is 2.08. The first kappa shape index (κ1) is 18.9. The van der Waals surface area contributed by atoms with Gasteiger partial charge in [0.05, 0.1) is 12.7 Å². The highest BCUT2D eigenvalue weighted by molar-refractivity contribution is 4.79. The summed E-state index contributed by atoms with van der Waals surface area (Å²) in [6.07, 6.45) is 9.85. The molecule has 4 unspecified atom stereocenters. The zero-order chi connectivity index (χ0) is 15.5. The molecule has 0 amide bonds. The van der Waals surface area contributed by atoms with Gasteiger partial charge in [0.2, 0.25) is 0 Å². The second-order valence-electron chi connectivity index (χ2n) is 6.88. The van der Waals surface area contributed by atoms with Gasteiger partial charge in [-0.1, -0.05) is 52.9 Å². The van der Waals surface area contributed by atoms with Crippen LogP contribution in [0.5, 0.6) is 0 Å². The van der Waals surface area contributed by atoms with Gasteiger partial charge >= 0.3 is 0 Å². The zero-order valence-corrected chi connectivity index (χ0v) is 14.4. The molecule has 2 N–H and O–H groups in total. The molecule has 3 nitrogen and oxygen atoms in total. The molecule has 0 aromatic rings. The van der Waals surface area contributed by atoms with E-state index in [2.05, 4.69) is 26.1 Å². The van der Waals surface area contributed by atoms with E-state index in [-0.39, 0.29) is 6.10 Å². The van der Waals surface area contributed by atoms with E-state index in [9.17, 15) is 5.11 Å². The lowest BCUT2D eigenvalue weighted by Gasteiger charge is -2.30. The molecule has 0 bridgehead atoms. The topological polar surface area (TPSA) is 41.5 Å². The number of hydrogen-bond donors (Lipinski definition) is 2. The first-order valence-corrected chi connectivity index (χ1v) is 9.16. The van der Waals surface area contributed by atoms with Crippen LogP contribution in [0.4, 0.5) is 0 Å². The number of unbranched alkanes of at least 4 members (excludes halogenated alkanes) is 1. The van der Waals surface area contributed by atoms with Crippen molar-refractivity contribution in [3.05, 3.63) is 0 Å². The summed E-state index contributed by atoms with van der Waals surface area (Å²) in [6.45, 7) is 8.71. The fraction of sp³-hybridized carbons (Fsp3) is 1.00. The van der Waals surface area contributed by atoms with Crippen molar-refractivity contribution in [2.75, 3.05) is 19.8 Å². The van der Waals surface area contributed by atoms with Crippen LogP contribution in [0, 0.1) is 11.8 Å². The van der Waals surface area contributed by atoms with Crippen molar-refractivity contribution in [1.29, 1.82) is 0 Å². The molecule has 1 saturated carbocycles. The number of ether oxygens (including phenoxy) is 1. The molecule has 0 aromatic carbocycles. The van der Waals surface area contributed by atoms with Gasteiger partial charge in [0.15, 0.2) is 0 Å². The largest absolute Gasteiger partial charge is 0.389 e. The quantitative estimate of drug-likeness (QED) is 0.610. The third-order valence-electron chi connectivity index (χ3n) is 4.93. The maximum Gasteiger partial charge on any atom is 0.0897 e. The number of nitrogens with one attached hydrogen (secondary N) is 1. The highest BCUT2D eigenvalue weighted by Gasteiger charge is 2.21.